The van der Waals surface area contributed by atoms with Crippen molar-refractivity contribution < 1.29 is 4.74 Å². The van der Waals surface area contributed by atoms with Crippen LogP contribution < -0.4 is 5.32 Å². The van der Waals surface area contributed by atoms with Gasteiger partial charge in [0.2, 0.25) is 0 Å². The first-order chi connectivity index (χ1) is 12.5. The predicted molar refractivity (Wildman–Crippen MR) is 124 cm³/mol. The highest BCUT2D eigenvalue weighted by Crippen LogP contribution is 2.36. The fourth-order valence-corrected chi connectivity index (χ4v) is 4.89. The zero-order valence-electron chi connectivity index (χ0n) is 17.3. The molecule has 2 aliphatic rings. The third kappa shape index (κ3) is 5.37. The predicted octanol–water partition coefficient (Wildman–Crippen LogP) is 4.21. The van der Waals surface area contributed by atoms with Crippen LogP contribution in [0.4, 0.5) is 0 Å². The third-order valence-electron chi connectivity index (χ3n) is 6.13. The SMILES string of the molecule is CN=C(NCC1(c2ccccc2C)CCOCC1)N1CC(C)CC(C)C1.I. The second kappa shape index (κ2) is 10.1. The van der Waals surface area contributed by atoms with Crippen LogP contribution in [0, 0.1) is 18.8 Å². The molecule has 2 unspecified atom stereocenters. The Bertz CT molecular complexity index is 618. The average Bonchev–Trinajstić information content (AvgIpc) is 2.62. The van der Waals surface area contributed by atoms with Crippen LogP contribution in [-0.2, 0) is 10.2 Å². The van der Waals surface area contributed by atoms with E-state index in [0.29, 0.717) is 0 Å². The van der Waals surface area contributed by atoms with Gasteiger partial charge in [0.1, 0.15) is 0 Å². The molecule has 2 aliphatic heterocycles. The molecule has 3 rings (SSSR count). The summed E-state index contributed by atoms with van der Waals surface area (Å²) in [5.74, 6) is 2.51. The Hall–Kier alpha value is -0.820. The number of rotatable bonds is 3. The minimum absolute atomic E-state index is 0. The topological polar surface area (TPSA) is 36.9 Å². The Labute approximate surface area is 182 Å². The number of likely N-dealkylation sites (tertiary alicyclic amines) is 1. The molecule has 0 spiro atoms. The number of hydrogen-bond acceptors (Lipinski definition) is 2. The van der Waals surface area contributed by atoms with Gasteiger partial charge < -0.3 is 15.0 Å². The lowest BCUT2D eigenvalue weighted by Crippen LogP contribution is -2.52. The Balaban J connectivity index is 0.00000261. The van der Waals surface area contributed by atoms with Crippen LogP contribution in [0.5, 0.6) is 0 Å². The normalized spacial score (nSPS) is 25.6. The third-order valence-corrected chi connectivity index (χ3v) is 6.13. The lowest BCUT2D eigenvalue weighted by molar-refractivity contribution is 0.0508. The molecule has 27 heavy (non-hydrogen) atoms. The molecular formula is C22H36IN3O. The average molecular weight is 485 g/mol. The van der Waals surface area contributed by atoms with Gasteiger partial charge in [0.25, 0.3) is 0 Å². The largest absolute Gasteiger partial charge is 0.381 e. The van der Waals surface area contributed by atoms with Crippen LogP contribution in [0.3, 0.4) is 0 Å². The molecule has 0 radical (unpaired) electrons. The van der Waals surface area contributed by atoms with E-state index in [4.69, 9.17) is 4.74 Å². The number of hydrogen-bond donors (Lipinski definition) is 1. The van der Waals surface area contributed by atoms with E-state index >= 15 is 0 Å². The van der Waals surface area contributed by atoms with Crippen LogP contribution in [0.2, 0.25) is 0 Å². The number of aryl methyl sites for hydroxylation is 1. The molecule has 0 aliphatic carbocycles. The van der Waals surface area contributed by atoms with Crippen molar-refractivity contribution in [2.45, 2.75) is 45.4 Å². The van der Waals surface area contributed by atoms with Gasteiger partial charge in [-0.15, -0.1) is 24.0 Å². The summed E-state index contributed by atoms with van der Waals surface area (Å²) in [5, 5.41) is 3.74. The molecule has 2 atom stereocenters. The summed E-state index contributed by atoms with van der Waals surface area (Å²) in [6, 6.07) is 8.84. The van der Waals surface area contributed by atoms with Gasteiger partial charge in [-0.1, -0.05) is 38.1 Å². The lowest BCUT2D eigenvalue weighted by atomic mass is 9.72. The molecule has 0 saturated carbocycles. The smallest absolute Gasteiger partial charge is 0.193 e. The number of benzene rings is 1. The van der Waals surface area contributed by atoms with Gasteiger partial charge in [-0.2, -0.15) is 0 Å². The van der Waals surface area contributed by atoms with Crippen molar-refractivity contribution >= 4 is 29.9 Å². The van der Waals surface area contributed by atoms with Gasteiger partial charge in [0.15, 0.2) is 5.96 Å². The Morgan fingerprint density at radius 3 is 2.41 bits per heavy atom. The number of aliphatic imine (C=N–C) groups is 1. The van der Waals surface area contributed by atoms with Gasteiger partial charge in [0.05, 0.1) is 0 Å². The quantitative estimate of drug-likeness (QED) is 0.396. The Morgan fingerprint density at radius 1 is 1.19 bits per heavy atom. The maximum atomic E-state index is 5.70. The highest BCUT2D eigenvalue weighted by molar-refractivity contribution is 14.0. The highest BCUT2D eigenvalue weighted by atomic mass is 127. The first-order valence-corrected chi connectivity index (χ1v) is 10.1. The molecule has 0 amide bonds. The molecule has 0 bridgehead atoms. The van der Waals surface area contributed by atoms with Crippen LogP contribution in [0.15, 0.2) is 29.3 Å². The second-order valence-electron chi connectivity index (χ2n) is 8.46. The number of nitrogens with one attached hydrogen (secondary N) is 1. The molecule has 152 valence electrons. The summed E-state index contributed by atoms with van der Waals surface area (Å²) in [7, 11) is 1.91. The summed E-state index contributed by atoms with van der Waals surface area (Å²) in [5.41, 5.74) is 2.98. The monoisotopic (exact) mass is 485 g/mol. The number of nitrogens with zero attached hydrogens (tertiary/aromatic N) is 2. The first-order valence-electron chi connectivity index (χ1n) is 10.1. The second-order valence-corrected chi connectivity index (χ2v) is 8.46. The molecule has 2 heterocycles. The zero-order chi connectivity index (χ0) is 18.6. The summed E-state index contributed by atoms with van der Waals surface area (Å²) in [4.78, 5) is 7.06. The van der Waals surface area contributed by atoms with Crippen molar-refractivity contribution in [1.29, 1.82) is 0 Å². The number of halogens is 1. The van der Waals surface area contributed by atoms with Gasteiger partial charge in [-0.05, 0) is 49.1 Å². The van der Waals surface area contributed by atoms with Crippen molar-refractivity contribution in [1.82, 2.24) is 10.2 Å². The molecular weight excluding hydrogens is 449 g/mol. The van der Waals surface area contributed by atoms with E-state index in [2.05, 4.69) is 60.2 Å². The van der Waals surface area contributed by atoms with E-state index in [1.165, 1.54) is 17.5 Å². The fourth-order valence-electron chi connectivity index (χ4n) is 4.89. The van der Waals surface area contributed by atoms with Gasteiger partial charge in [0, 0.05) is 45.3 Å². The van der Waals surface area contributed by atoms with Gasteiger partial charge in [-0.3, -0.25) is 4.99 Å². The molecule has 2 saturated heterocycles. The van der Waals surface area contributed by atoms with E-state index in [9.17, 15) is 0 Å². The van der Waals surface area contributed by atoms with Crippen LogP contribution in [-0.4, -0.2) is 50.8 Å². The highest BCUT2D eigenvalue weighted by Gasteiger charge is 2.36. The van der Waals surface area contributed by atoms with Crippen LogP contribution in [0.25, 0.3) is 0 Å². The Kier molecular flexibility index (Phi) is 8.40. The molecule has 0 aromatic heterocycles. The lowest BCUT2D eigenvalue weighted by Gasteiger charge is -2.41. The van der Waals surface area contributed by atoms with E-state index in [-0.39, 0.29) is 29.4 Å². The van der Waals surface area contributed by atoms with Crippen LogP contribution >= 0.6 is 24.0 Å². The number of piperidine rings is 1. The molecule has 4 nitrogen and oxygen atoms in total. The van der Waals surface area contributed by atoms with Crippen molar-refractivity contribution in [2.75, 3.05) is 39.9 Å². The molecule has 1 aromatic carbocycles. The van der Waals surface area contributed by atoms with Gasteiger partial charge >= 0.3 is 0 Å². The molecule has 1 aromatic rings. The minimum atomic E-state index is 0. The molecule has 1 N–H and O–H groups in total. The summed E-state index contributed by atoms with van der Waals surface area (Å²) < 4.78 is 5.70. The maximum Gasteiger partial charge on any atom is 0.193 e. The summed E-state index contributed by atoms with van der Waals surface area (Å²) >= 11 is 0. The van der Waals surface area contributed by atoms with E-state index in [0.717, 1.165) is 63.5 Å². The zero-order valence-corrected chi connectivity index (χ0v) is 19.7. The summed E-state index contributed by atoms with van der Waals surface area (Å²) in [6.45, 7) is 11.7. The first kappa shape index (κ1) is 22.5. The fraction of sp³-hybridized carbons (Fsp3) is 0.682. The Morgan fingerprint density at radius 2 is 1.81 bits per heavy atom. The summed E-state index contributed by atoms with van der Waals surface area (Å²) in [6.07, 6.45) is 3.45. The van der Waals surface area contributed by atoms with Gasteiger partial charge in [-0.25, -0.2) is 0 Å². The molecule has 2 fully saturated rings. The van der Waals surface area contributed by atoms with Crippen LogP contribution in [0.1, 0.15) is 44.2 Å². The van der Waals surface area contributed by atoms with E-state index in [1.807, 2.05) is 7.05 Å². The standard InChI is InChI=1S/C22H35N3O.HI/c1-17-13-18(2)15-25(14-17)21(23-4)24-16-22(9-11-26-12-10-22)20-8-6-5-7-19(20)3;/h5-8,17-18H,9-16H2,1-4H3,(H,23,24);1H. The molecule has 5 heteroatoms. The van der Waals surface area contributed by atoms with Crippen molar-refractivity contribution in [3.8, 4) is 0 Å². The van der Waals surface area contributed by atoms with Crippen molar-refractivity contribution in [3.05, 3.63) is 35.4 Å². The minimum Gasteiger partial charge on any atom is -0.381 e. The number of ether oxygens (including phenoxy) is 1. The van der Waals surface area contributed by atoms with Crippen molar-refractivity contribution in [2.24, 2.45) is 16.8 Å². The van der Waals surface area contributed by atoms with E-state index in [1.54, 1.807) is 0 Å². The maximum absolute atomic E-state index is 5.70. The van der Waals surface area contributed by atoms with E-state index < -0.39 is 0 Å². The van der Waals surface area contributed by atoms with Crippen molar-refractivity contribution in [3.63, 3.8) is 0 Å². The number of guanidine groups is 1.